The van der Waals surface area contributed by atoms with E-state index in [1.807, 2.05) is 26.0 Å². The molecule has 5 heteroatoms. The molecular weight excluding hydrogens is 346 g/mol. The summed E-state index contributed by atoms with van der Waals surface area (Å²) in [4.78, 5) is 12.8. The zero-order chi connectivity index (χ0) is 19.5. The minimum atomic E-state index is -3.35. The van der Waals surface area contributed by atoms with Crippen LogP contribution in [0.2, 0.25) is 0 Å². The molecule has 0 radical (unpaired) electrons. The molecule has 0 aliphatic heterocycles. The third-order valence-corrected chi connectivity index (χ3v) is 5.55. The SMILES string of the molecule is CC(C)c1ccc(C(NC(=O)c2cccc(S(C)(=O)=O)c2)C(C)C)cc1. The molecule has 0 fully saturated rings. The van der Waals surface area contributed by atoms with Crippen LogP contribution in [0.5, 0.6) is 0 Å². The van der Waals surface area contributed by atoms with Crippen LogP contribution in [-0.2, 0) is 9.84 Å². The fourth-order valence-electron chi connectivity index (χ4n) is 2.82. The van der Waals surface area contributed by atoms with Crippen molar-refractivity contribution in [2.45, 2.75) is 44.6 Å². The second-order valence-electron chi connectivity index (χ2n) is 7.32. The predicted molar refractivity (Wildman–Crippen MR) is 105 cm³/mol. The number of carbonyl (C=O) groups excluding carboxylic acids is 1. The Labute approximate surface area is 156 Å². The fourth-order valence-corrected chi connectivity index (χ4v) is 3.48. The largest absolute Gasteiger partial charge is 0.345 e. The molecule has 1 amide bonds. The first-order valence-corrected chi connectivity index (χ1v) is 10.7. The standard InChI is InChI=1S/C21H27NO3S/c1-14(2)16-9-11-17(12-10-16)20(15(3)4)22-21(23)18-7-6-8-19(13-18)26(5,24)25/h6-15,20H,1-5H3,(H,22,23). The van der Waals surface area contributed by atoms with Crippen molar-refractivity contribution in [2.24, 2.45) is 5.92 Å². The highest BCUT2D eigenvalue weighted by atomic mass is 32.2. The lowest BCUT2D eigenvalue weighted by molar-refractivity contribution is 0.0925. The third kappa shape index (κ3) is 4.94. The monoisotopic (exact) mass is 373 g/mol. The Bertz CT molecular complexity index is 868. The number of nitrogens with one attached hydrogen (secondary N) is 1. The molecule has 2 aromatic rings. The van der Waals surface area contributed by atoms with E-state index in [-0.39, 0.29) is 22.8 Å². The summed E-state index contributed by atoms with van der Waals surface area (Å²) in [5.41, 5.74) is 2.64. The molecule has 4 nitrogen and oxygen atoms in total. The first kappa shape index (κ1) is 20.2. The number of hydrogen-bond donors (Lipinski definition) is 1. The fraction of sp³-hybridized carbons (Fsp3) is 0.381. The Balaban J connectivity index is 2.26. The zero-order valence-electron chi connectivity index (χ0n) is 16.0. The molecule has 0 bridgehead atoms. The molecule has 0 heterocycles. The molecule has 2 aromatic carbocycles. The maximum Gasteiger partial charge on any atom is 0.251 e. The Kier molecular flexibility index (Phi) is 6.24. The average Bonchev–Trinajstić information content (AvgIpc) is 2.58. The Morgan fingerprint density at radius 3 is 2.00 bits per heavy atom. The highest BCUT2D eigenvalue weighted by Gasteiger charge is 2.20. The lowest BCUT2D eigenvalue weighted by Gasteiger charge is -2.23. The van der Waals surface area contributed by atoms with Crippen LogP contribution in [0.25, 0.3) is 0 Å². The van der Waals surface area contributed by atoms with Crippen molar-refractivity contribution in [3.8, 4) is 0 Å². The van der Waals surface area contributed by atoms with Crippen LogP contribution in [-0.4, -0.2) is 20.6 Å². The summed E-state index contributed by atoms with van der Waals surface area (Å²) < 4.78 is 23.4. The van der Waals surface area contributed by atoms with Crippen LogP contribution in [0.4, 0.5) is 0 Å². The molecule has 1 unspecified atom stereocenters. The summed E-state index contributed by atoms with van der Waals surface area (Å²) in [6.45, 7) is 8.39. The van der Waals surface area contributed by atoms with E-state index in [9.17, 15) is 13.2 Å². The maximum atomic E-state index is 12.7. The van der Waals surface area contributed by atoms with Crippen molar-refractivity contribution in [3.05, 3.63) is 65.2 Å². The number of hydrogen-bond acceptors (Lipinski definition) is 3. The summed E-state index contributed by atoms with van der Waals surface area (Å²) in [7, 11) is -3.35. The van der Waals surface area contributed by atoms with E-state index in [4.69, 9.17) is 0 Å². The van der Waals surface area contributed by atoms with Crippen LogP contribution in [0.15, 0.2) is 53.4 Å². The highest BCUT2D eigenvalue weighted by Crippen LogP contribution is 2.25. The average molecular weight is 374 g/mol. The van der Waals surface area contributed by atoms with E-state index in [0.717, 1.165) is 11.8 Å². The van der Waals surface area contributed by atoms with Crippen molar-refractivity contribution in [2.75, 3.05) is 6.26 Å². The van der Waals surface area contributed by atoms with Crippen molar-refractivity contribution < 1.29 is 13.2 Å². The van der Waals surface area contributed by atoms with E-state index >= 15 is 0 Å². The molecule has 26 heavy (non-hydrogen) atoms. The summed E-state index contributed by atoms with van der Waals surface area (Å²) >= 11 is 0. The highest BCUT2D eigenvalue weighted by molar-refractivity contribution is 7.90. The van der Waals surface area contributed by atoms with Crippen LogP contribution in [0.3, 0.4) is 0 Å². The second kappa shape index (κ2) is 8.04. The molecule has 0 spiro atoms. The Morgan fingerprint density at radius 2 is 1.50 bits per heavy atom. The molecule has 0 aliphatic rings. The van der Waals surface area contributed by atoms with Gasteiger partial charge in [0.15, 0.2) is 9.84 Å². The van der Waals surface area contributed by atoms with Crippen LogP contribution in [0, 0.1) is 5.92 Å². The number of benzene rings is 2. The minimum absolute atomic E-state index is 0.146. The lowest BCUT2D eigenvalue weighted by Crippen LogP contribution is -2.31. The molecule has 0 aromatic heterocycles. The van der Waals surface area contributed by atoms with Crippen molar-refractivity contribution in [3.63, 3.8) is 0 Å². The molecule has 0 saturated heterocycles. The first-order chi connectivity index (χ1) is 12.1. The summed E-state index contributed by atoms with van der Waals surface area (Å²) in [5, 5.41) is 3.04. The van der Waals surface area contributed by atoms with Gasteiger partial charge >= 0.3 is 0 Å². The molecule has 2 rings (SSSR count). The molecule has 0 saturated carbocycles. The quantitative estimate of drug-likeness (QED) is 0.819. The lowest BCUT2D eigenvalue weighted by atomic mass is 9.93. The van der Waals surface area contributed by atoms with E-state index in [1.54, 1.807) is 12.1 Å². The van der Waals surface area contributed by atoms with E-state index < -0.39 is 9.84 Å². The van der Waals surface area contributed by atoms with Gasteiger partial charge in [-0.15, -0.1) is 0 Å². The summed E-state index contributed by atoms with van der Waals surface area (Å²) in [6, 6.07) is 14.3. The number of rotatable bonds is 6. The molecule has 140 valence electrons. The summed E-state index contributed by atoms with van der Waals surface area (Å²) in [5.74, 6) is 0.374. The van der Waals surface area contributed by atoms with Gasteiger partial charge in [0.25, 0.3) is 5.91 Å². The normalized spacial score (nSPS) is 13.0. The van der Waals surface area contributed by atoms with E-state index in [2.05, 4.69) is 31.3 Å². The Hall–Kier alpha value is -2.14. The molecule has 1 N–H and O–H groups in total. The minimum Gasteiger partial charge on any atom is -0.345 e. The van der Waals surface area contributed by atoms with Gasteiger partial charge in [0.2, 0.25) is 0 Å². The smallest absolute Gasteiger partial charge is 0.251 e. The maximum absolute atomic E-state index is 12.7. The topological polar surface area (TPSA) is 63.2 Å². The number of sulfone groups is 1. The predicted octanol–water partition coefficient (Wildman–Crippen LogP) is 4.34. The van der Waals surface area contributed by atoms with Gasteiger partial charge in [0, 0.05) is 11.8 Å². The zero-order valence-corrected chi connectivity index (χ0v) is 16.8. The van der Waals surface area contributed by atoms with Crippen LogP contribution >= 0.6 is 0 Å². The van der Waals surface area contributed by atoms with E-state index in [0.29, 0.717) is 11.5 Å². The van der Waals surface area contributed by atoms with Crippen LogP contribution < -0.4 is 5.32 Å². The second-order valence-corrected chi connectivity index (χ2v) is 9.33. The van der Waals surface area contributed by atoms with Crippen molar-refractivity contribution in [1.82, 2.24) is 5.32 Å². The Morgan fingerprint density at radius 1 is 0.923 bits per heavy atom. The van der Waals surface area contributed by atoms with Crippen molar-refractivity contribution >= 4 is 15.7 Å². The van der Waals surface area contributed by atoms with Gasteiger partial charge in [-0.2, -0.15) is 0 Å². The molecule has 1 atom stereocenters. The van der Waals surface area contributed by atoms with Gasteiger partial charge in [-0.05, 0) is 41.2 Å². The van der Waals surface area contributed by atoms with Gasteiger partial charge in [0.1, 0.15) is 0 Å². The van der Waals surface area contributed by atoms with Crippen molar-refractivity contribution in [1.29, 1.82) is 0 Å². The first-order valence-electron chi connectivity index (χ1n) is 8.80. The molecular formula is C21H27NO3S. The number of carbonyl (C=O) groups is 1. The van der Waals surface area contributed by atoms with Gasteiger partial charge in [-0.25, -0.2) is 8.42 Å². The summed E-state index contributed by atoms with van der Waals surface area (Å²) in [6.07, 6.45) is 1.14. The molecule has 0 aliphatic carbocycles. The van der Waals surface area contributed by atoms with Gasteiger partial charge in [-0.1, -0.05) is 58.0 Å². The van der Waals surface area contributed by atoms with Gasteiger partial charge in [-0.3, -0.25) is 4.79 Å². The van der Waals surface area contributed by atoms with E-state index in [1.165, 1.54) is 17.7 Å². The van der Waals surface area contributed by atoms with Gasteiger partial charge < -0.3 is 5.32 Å². The van der Waals surface area contributed by atoms with Gasteiger partial charge in [0.05, 0.1) is 10.9 Å². The van der Waals surface area contributed by atoms with Crippen LogP contribution in [0.1, 0.15) is 61.1 Å². The third-order valence-electron chi connectivity index (χ3n) is 4.44. The number of amides is 1.